The van der Waals surface area contributed by atoms with Crippen LogP contribution in [-0.4, -0.2) is 17.2 Å². The van der Waals surface area contributed by atoms with Crippen molar-refractivity contribution in [3.63, 3.8) is 0 Å². The van der Waals surface area contributed by atoms with Crippen molar-refractivity contribution < 1.29 is 13.2 Å². The summed E-state index contributed by atoms with van der Waals surface area (Å²) in [4.78, 5) is 11.5. The van der Waals surface area contributed by atoms with Crippen molar-refractivity contribution in [3.8, 4) is 0 Å². The number of halogens is 3. The Kier molecular flexibility index (Phi) is 4.94. The first-order valence-corrected chi connectivity index (χ1v) is 5.88. The average molecular weight is 274 g/mol. The number of aromatic nitrogens is 1. The van der Waals surface area contributed by atoms with E-state index in [9.17, 15) is 18.0 Å². The van der Waals surface area contributed by atoms with Gasteiger partial charge in [-0.05, 0) is 11.6 Å². The molecule has 0 saturated carbocycles. The molecular weight excluding hydrogens is 257 g/mol. The third-order valence-electron chi connectivity index (χ3n) is 2.47. The van der Waals surface area contributed by atoms with Crippen LogP contribution in [0.4, 0.5) is 13.2 Å². The first-order chi connectivity index (χ1) is 8.70. The molecule has 0 saturated heterocycles. The second-order valence-electron chi connectivity index (χ2n) is 4.67. The van der Waals surface area contributed by atoms with Gasteiger partial charge in [0.25, 0.3) is 5.56 Å². The van der Waals surface area contributed by atoms with E-state index in [4.69, 9.17) is 0 Å². The molecule has 0 amide bonds. The maximum atomic E-state index is 12.5. The van der Waals surface area contributed by atoms with E-state index < -0.39 is 17.3 Å². The van der Waals surface area contributed by atoms with E-state index in [2.05, 4.69) is 11.9 Å². The fourth-order valence-corrected chi connectivity index (χ4v) is 1.47. The topological polar surface area (TPSA) is 34.0 Å². The molecule has 0 aromatic carbocycles. The summed E-state index contributed by atoms with van der Waals surface area (Å²) in [7, 11) is 0. The standard InChI is InChI=1S/C13H17F3N2O/c1-9(2)17-6-10(3)7-18-8-11(13(14,15)16)4-5-12(18)19/h4-5,8-9,17H,3,6-7H2,1-2H3. The predicted molar refractivity (Wildman–Crippen MR) is 68.0 cm³/mol. The zero-order valence-corrected chi connectivity index (χ0v) is 10.9. The Bertz CT molecular complexity index is 503. The van der Waals surface area contributed by atoms with Crippen LogP contribution in [0.25, 0.3) is 0 Å². The molecule has 1 heterocycles. The maximum Gasteiger partial charge on any atom is 0.417 e. The lowest BCUT2D eigenvalue weighted by Gasteiger charge is -2.13. The monoisotopic (exact) mass is 274 g/mol. The van der Waals surface area contributed by atoms with Gasteiger partial charge in [0.2, 0.25) is 0 Å². The quantitative estimate of drug-likeness (QED) is 0.837. The molecule has 0 aliphatic carbocycles. The Morgan fingerprint density at radius 1 is 1.42 bits per heavy atom. The summed E-state index contributed by atoms with van der Waals surface area (Å²) >= 11 is 0. The van der Waals surface area contributed by atoms with Gasteiger partial charge in [-0.3, -0.25) is 4.79 Å². The fraction of sp³-hybridized carbons (Fsp3) is 0.462. The van der Waals surface area contributed by atoms with Crippen molar-refractivity contribution in [2.45, 2.75) is 32.6 Å². The van der Waals surface area contributed by atoms with Crippen LogP contribution >= 0.6 is 0 Å². The molecule has 1 N–H and O–H groups in total. The average Bonchev–Trinajstić information content (AvgIpc) is 2.28. The second-order valence-corrected chi connectivity index (χ2v) is 4.67. The highest BCUT2D eigenvalue weighted by Crippen LogP contribution is 2.28. The van der Waals surface area contributed by atoms with Gasteiger partial charge in [0.05, 0.1) is 5.56 Å². The summed E-state index contributed by atoms with van der Waals surface area (Å²) in [5.74, 6) is 0. The molecule has 19 heavy (non-hydrogen) atoms. The molecule has 3 nitrogen and oxygen atoms in total. The van der Waals surface area contributed by atoms with Crippen molar-refractivity contribution in [1.82, 2.24) is 9.88 Å². The first-order valence-electron chi connectivity index (χ1n) is 5.88. The molecule has 0 fully saturated rings. The lowest BCUT2D eigenvalue weighted by atomic mass is 10.2. The SMILES string of the molecule is C=C(CNC(C)C)Cn1cc(C(F)(F)F)ccc1=O. The molecule has 0 spiro atoms. The number of nitrogens with one attached hydrogen (secondary N) is 1. The van der Waals surface area contributed by atoms with Crippen LogP contribution in [0, 0.1) is 0 Å². The Morgan fingerprint density at radius 2 is 2.05 bits per heavy atom. The molecule has 0 unspecified atom stereocenters. The van der Waals surface area contributed by atoms with Crippen LogP contribution < -0.4 is 10.9 Å². The zero-order chi connectivity index (χ0) is 14.6. The highest BCUT2D eigenvalue weighted by molar-refractivity contribution is 5.14. The third kappa shape index (κ3) is 4.90. The number of pyridine rings is 1. The first kappa shape index (κ1) is 15.5. The molecule has 0 radical (unpaired) electrons. The van der Waals surface area contributed by atoms with Gasteiger partial charge in [-0.25, -0.2) is 0 Å². The third-order valence-corrected chi connectivity index (χ3v) is 2.47. The number of hydrogen-bond donors (Lipinski definition) is 1. The normalized spacial score (nSPS) is 11.9. The zero-order valence-electron chi connectivity index (χ0n) is 10.9. The van der Waals surface area contributed by atoms with E-state index in [0.29, 0.717) is 12.1 Å². The van der Waals surface area contributed by atoms with Crippen molar-refractivity contribution >= 4 is 0 Å². The Balaban J connectivity index is 2.83. The minimum Gasteiger partial charge on any atom is -0.311 e. The van der Waals surface area contributed by atoms with Crippen molar-refractivity contribution in [2.75, 3.05) is 6.54 Å². The molecule has 0 aliphatic rings. The van der Waals surface area contributed by atoms with E-state index in [1.54, 1.807) is 0 Å². The molecule has 6 heteroatoms. The smallest absolute Gasteiger partial charge is 0.311 e. The lowest BCUT2D eigenvalue weighted by Crippen LogP contribution is -2.28. The summed E-state index contributed by atoms with van der Waals surface area (Å²) in [6.07, 6.45) is -3.63. The molecule has 0 bridgehead atoms. The second kappa shape index (κ2) is 6.06. The highest BCUT2D eigenvalue weighted by Gasteiger charge is 2.31. The Labute approximate surface area is 109 Å². The van der Waals surface area contributed by atoms with E-state index in [1.807, 2.05) is 13.8 Å². The van der Waals surface area contributed by atoms with Gasteiger partial charge in [0.1, 0.15) is 0 Å². The molecule has 106 valence electrons. The van der Waals surface area contributed by atoms with Crippen LogP contribution in [0.5, 0.6) is 0 Å². The summed E-state index contributed by atoms with van der Waals surface area (Å²) in [5.41, 5.74) is -0.662. The fourth-order valence-electron chi connectivity index (χ4n) is 1.47. The van der Waals surface area contributed by atoms with E-state index >= 15 is 0 Å². The van der Waals surface area contributed by atoms with E-state index in [1.165, 1.54) is 0 Å². The maximum absolute atomic E-state index is 12.5. The van der Waals surface area contributed by atoms with Gasteiger partial charge in [-0.15, -0.1) is 0 Å². The van der Waals surface area contributed by atoms with Gasteiger partial charge in [0.15, 0.2) is 0 Å². The van der Waals surface area contributed by atoms with Crippen molar-refractivity contribution in [2.24, 2.45) is 0 Å². The predicted octanol–water partition coefficient (Wildman–Crippen LogP) is 2.42. The van der Waals surface area contributed by atoms with Crippen LogP contribution in [0.2, 0.25) is 0 Å². The number of hydrogen-bond acceptors (Lipinski definition) is 2. The van der Waals surface area contributed by atoms with Crippen molar-refractivity contribution in [3.05, 3.63) is 46.4 Å². The van der Waals surface area contributed by atoms with E-state index in [-0.39, 0.29) is 12.6 Å². The largest absolute Gasteiger partial charge is 0.417 e. The van der Waals surface area contributed by atoms with Gasteiger partial charge in [-0.1, -0.05) is 20.4 Å². The Hall–Kier alpha value is -1.56. The minimum atomic E-state index is -4.45. The van der Waals surface area contributed by atoms with Gasteiger partial charge < -0.3 is 9.88 Å². The lowest BCUT2D eigenvalue weighted by molar-refractivity contribution is -0.138. The van der Waals surface area contributed by atoms with Crippen molar-refractivity contribution in [1.29, 1.82) is 0 Å². The summed E-state index contributed by atoms with van der Waals surface area (Å²) in [5, 5.41) is 3.09. The molecule has 1 rings (SSSR count). The Morgan fingerprint density at radius 3 is 2.58 bits per heavy atom. The number of alkyl halides is 3. The summed E-state index contributed by atoms with van der Waals surface area (Å²) < 4.78 is 38.6. The van der Waals surface area contributed by atoms with Crippen LogP contribution in [-0.2, 0) is 12.7 Å². The van der Waals surface area contributed by atoms with E-state index in [0.717, 1.165) is 22.9 Å². The van der Waals surface area contributed by atoms with Crippen LogP contribution in [0.3, 0.4) is 0 Å². The van der Waals surface area contributed by atoms with Gasteiger partial charge in [-0.2, -0.15) is 13.2 Å². The molecule has 0 aliphatic heterocycles. The van der Waals surface area contributed by atoms with Crippen LogP contribution in [0.1, 0.15) is 19.4 Å². The molecule has 1 aromatic heterocycles. The highest BCUT2D eigenvalue weighted by atomic mass is 19.4. The summed E-state index contributed by atoms with van der Waals surface area (Å²) in [6, 6.07) is 1.95. The molecule has 0 atom stereocenters. The van der Waals surface area contributed by atoms with Gasteiger partial charge in [0, 0.05) is 31.4 Å². The molecular formula is C13H17F3N2O. The van der Waals surface area contributed by atoms with Gasteiger partial charge >= 0.3 is 6.18 Å². The molecule has 1 aromatic rings. The van der Waals surface area contributed by atoms with Crippen LogP contribution in [0.15, 0.2) is 35.3 Å². The minimum absolute atomic E-state index is 0.0719. The summed E-state index contributed by atoms with van der Waals surface area (Å²) in [6.45, 7) is 8.18. The number of nitrogens with zero attached hydrogens (tertiary/aromatic N) is 1. The number of rotatable bonds is 5.